The van der Waals surface area contributed by atoms with Crippen molar-refractivity contribution in [3.05, 3.63) is 42.0 Å². The van der Waals surface area contributed by atoms with E-state index in [0.29, 0.717) is 23.9 Å². The summed E-state index contributed by atoms with van der Waals surface area (Å²) in [6.07, 6.45) is 8.03. The quantitative estimate of drug-likeness (QED) is 0.516. The Balaban J connectivity index is 1.42. The zero-order valence-corrected chi connectivity index (χ0v) is 22.1. The summed E-state index contributed by atoms with van der Waals surface area (Å²) in [5, 5.41) is 6.87. The molecule has 1 aromatic carbocycles. The predicted octanol–water partition coefficient (Wildman–Crippen LogP) is 3.72. The van der Waals surface area contributed by atoms with Gasteiger partial charge >= 0.3 is 0 Å². The van der Waals surface area contributed by atoms with Crippen LogP contribution in [0.4, 0.5) is 0 Å². The molecule has 3 heterocycles. The minimum Gasteiger partial charge on any atom is -0.381 e. The highest BCUT2D eigenvalue weighted by Gasteiger charge is 2.27. The summed E-state index contributed by atoms with van der Waals surface area (Å²) in [7, 11) is -3.97. The van der Waals surface area contributed by atoms with E-state index in [9.17, 15) is 13.2 Å². The maximum atomic E-state index is 13.4. The smallest absolute Gasteiger partial charge is 0.283 e. The third-order valence-electron chi connectivity index (χ3n) is 7.31. The molecular weight excluding hydrogens is 478 g/mol. The number of imidazole rings is 1. The van der Waals surface area contributed by atoms with E-state index in [1.54, 1.807) is 12.1 Å². The van der Waals surface area contributed by atoms with Gasteiger partial charge in [0.2, 0.25) is 0 Å². The van der Waals surface area contributed by atoms with Crippen molar-refractivity contribution in [3.63, 3.8) is 0 Å². The molecule has 0 bridgehead atoms. The SMILES string of the molecule is CC(C)(C)c1nc2cc(S(=O)(=O)n3cc(C(=O)NCC4CCC4)cn3)ccc2n1CC1CCOCC1. The summed E-state index contributed by atoms with van der Waals surface area (Å²) >= 11 is 0. The predicted molar refractivity (Wildman–Crippen MR) is 136 cm³/mol. The molecular formula is C26H35N5O4S. The van der Waals surface area contributed by atoms with Crippen LogP contribution in [0.25, 0.3) is 11.0 Å². The van der Waals surface area contributed by atoms with E-state index < -0.39 is 10.0 Å². The van der Waals surface area contributed by atoms with Gasteiger partial charge in [0.15, 0.2) is 0 Å². The summed E-state index contributed by atoms with van der Waals surface area (Å²) < 4.78 is 35.4. The van der Waals surface area contributed by atoms with Crippen LogP contribution >= 0.6 is 0 Å². The minimum absolute atomic E-state index is 0.0932. The van der Waals surface area contributed by atoms with Crippen molar-refractivity contribution in [3.8, 4) is 0 Å². The van der Waals surface area contributed by atoms with E-state index in [1.807, 2.05) is 6.07 Å². The lowest BCUT2D eigenvalue weighted by Crippen LogP contribution is -2.32. The first kappa shape index (κ1) is 25.0. The molecule has 2 fully saturated rings. The number of ether oxygens (including phenoxy) is 1. The van der Waals surface area contributed by atoms with Crippen LogP contribution in [0, 0.1) is 11.8 Å². The molecule has 1 aliphatic heterocycles. The number of hydrogen-bond acceptors (Lipinski definition) is 6. The second kappa shape index (κ2) is 9.63. The van der Waals surface area contributed by atoms with Crippen molar-refractivity contribution in [2.45, 2.75) is 69.7 Å². The Morgan fingerprint density at radius 1 is 1.14 bits per heavy atom. The highest BCUT2D eigenvalue weighted by atomic mass is 32.2. The highest BCUT2D eigenvalue weighted by molar-refractivity contribution is 7.89. The molecule has 194 valence electrons. The van der Waals surface area contributed by atoms with Gasteiger partial charge in [-0.25, -0.2) is 4.98 Å². The Morgan fingerprint density at radius 3 is 2.56 bits per heavy atom. The lowest BCUT2D eigenvalue weighted by Gasteiger charge is -2.26. The summed E-state index contributed by atoms with van der Waals surface area (Å²) in [5.74, 6) is 1.64. The normalized spacial score (nSPS) is 17.9. The van der Waals surface area contributed by atoms with Crippen LogP contribution in [0.15, 0.2) is 35.5 Å². The van der Waals surface area contributed by atoms with Crippen LogP contribution in [0.3, 0.4) is 0 Å². The van der Waals surface area contributed by atoms with Gasteiger partial charge < -0.3 is 14.6 Å². The Bertz CT molecular complexity index is 1360. The van der Waals surface area contributed by atoms with Crippen molar-refractivity contribution in [1.29, 1.82) is 0 Å². The Hall–Kier alpha value is -2.72. The number of carbonyl (C=O) groups is 1. The molecule has 1 saturated carbocycles. The zero-order chi connectivity index (χ0) is 25.5. The van der Waals surface area contributed by atoms with Gasteiger partial charge in [-0.3, -0.25) is 4.79 Å². The van der Waals surface area contributed by atoms with Crippen LogP contribution in [0.1, 0.15) is 69.1 Å². The number of hydrogen-bond donors (Lipinski definition) is 1. The standard InChI is InChI=1S/C26H35N5O4S/c1-26(2,3)25-29-22-13-21(7-8-23(22)30(25)16-19-9-11-35-12-10-19)36(33,34)31-17-20(15-28-31)24(32)27-14-18-5-4-6-18/h7-8,13,15,17-19H,4-6,9-12,14,16H2,1-3H3,(H,27,32). The second-order valence-corrected chi connectivity index (χ2v) is 12.9. The molecule has 1 aliphatic carbocycles. The fraction of sp³-hybridized carbons (Fsp3) is 0.577. The Kier molecular flexibility index (Phi) is 6.67. The van der Waals surface area contributed by atoms with Gasteiger partial charge in [0.25, 0.3) is 15.9 Å². The van der Waals surface area contributed by atoms with Crippen LogP contribution < -0.4 is 5.32 Å². The average Bonchev–Trinajstić information content (AvgIpc) is 3.44. The van der Waals surface area contributed by atoms with E-state index >= 15 is 0 Å². The summed E-state index contributed by atoms with van der Waals surface area (Å²) in [4.78, 5) is 17.4. The molecule has 1 saturated heterocycles. The fourth-order valence-corrected chi connectivity index (χ4v) is 6.05. The molecule has 1 amide bonds. The van der Waals surface area contributed by atoms with Gasteiger partial charge in [-0.2, -0.15) is 17.6 Å². The molecule has 0 spiro atoms. The van der Waals surface area contributed by atoms with Gasteiger partial charge in [-0.15, -0.1) is 0 Å². The number of aromatic nitrogens is 4. The van der Waals surface area contributed by atoms with Crippen LogP contribution in [-0.2, 0) is 26.7 Å². The lowest BCUT2D eigenvalue weighted by atomic mass is 9.85. The molecule has 2 aromatic heterocycles. The van der Waals surface area contributed by atoms with Gasteiger partial charge in [-0.1, -0.05) is 27.2 Å². The van der Waals surface area contributed by atoms with E-state index in [4.69, 9.17) is 9.72 Å². The number of rotatable bonds is 7. The maximum Gasteiger partial charge on any atom is 0.283 e. The lowest BCUT2D eigenvalue weighted by molar-refractivity contribution is 0.0611. The zero-order valence-electron chi connectivity index (χ0n) is 21.2. The van der Waals surface area contributed by atoms with Gasteiger partial charge in [0, 0.05) is 31.7 Å². The van der Waals surface area contributed by atoms with E-state index in [-0.39, 0.29) is 21.8 Å². The van der Waals surface area contributed by atoms with Crippen molar-refractivity contribution in [2.75, 3.05) is 19.8 Å². The van der Waals surface area contributed by atoms with E-state index in [2.05, 4.69) is 35.8 Å². The second-order valence-electron chi connectivity index (χ2n) is 11.1. The van der Waals surface area contributed by atoms with Gasteiger partial charge in [0.05, 0.1) is 33.9 Å². The molecule has 9 nitrogen and oxygen atoms in total. The largest absolute Gasteiger partial charge is 0.381 e. The summed E-state index contributed by atoms with van der Waals surface area (Å²) in [5.41, 5.74) is 1.59. The van der Waals surface area contributed by atoms with Gasteiger partial charge in [0.1, 0.15) is 5.82 Å². The molecule has 0 radical (unpaired) electrons. The van der Waals surface area contributed by atoms with Crippen LogP contribution in [-0.4, -0.2) is 52.8 Å². The first-order valence-electron chi connectivity index (χ1n) is 12.8. The number of carbonyl (C=O) groups excluding carboxylic acids is 1. The Morgan fingerprint density at radius 2 is 1.89 bits per heavy atom. The third-order valence-corrected chi connectivity index (χ3v) is 8.86. The molecule has 5 rings (SSSR count). The monoisotopic (exact) mass is 513 g/mol. The number of nitrogens with one attached hydrogen (secondary N) is 1. The third kappa shape index (κ3) is 4.93. The molecule has 10 heteroatoms. The van der Waals surface area contributed by atoms with Gasteiger partial charge in [-0.05, 0) is 55.7 Å². The number of nitrogens with zero attached hydrogens (tertiary/aromatic N) is 4. The molecule has 0 atom stereocenters. The molecule has 36 heavy (non-hydrogen) atoms. The van der Waals surface area contributed by atoms with Crippen molar-refractivity contribution in [2.24, 2.45) is 11.8 Å². The maximum absolute atomic E-state index is 13.4. The molecule has 2 aliphatic rings. The van der Waals surface area contributed by atoms with E-state index in [0.717, 1.165) is 60.9 Å². The number of fused-ring (bicyclic) bond motifs is 1. The summed E-state index contributed by atoms with van der Waals surface area (Å²) in [6, 6.07) is 5.04. The molecule has 3 aromatic rings. The van der Waals surface area contributed by atoms with Crippen LogP contribution in [0.5, 0.6) is 0 Å². The van der Waals surface area contributed by atoms with Crippen molar-refractivity contribution in [1.82, 2.24) is 24.1 Å². The fourth-order valence-electron chi connectivity index (χ4n) is 4.91. The number of benzene rings is 1. The first-order valence-corrected chi connectivity index (χ1v) is 14.2. The van der Waals surface area contributed by atoms with Crippen molar-refractivity contribution >= 4 is 27.0 Å². The highest BCUT2D eigenvalue weighted by Crippen LogP contribution is 2.31. The summed E-state index contributed by atoms with van der Waals surface area (Å²) in [6.45, 7) is 9.34. The number of amides is 1. The topological polar surface area (TPSA) is 108 Å². The first-order chi connectivity index (χ1) is 17.1. The van der Waals surface area contributed by atoms with Crippen LogP contribution in [0.2, 0.25) is 0 Å². The Labute approximate surface area is 212 Å². The van der Waals surface area contributed by atoms with Crippen molar-refractivity contribution < 1.29 is 17.9 Å². The van der Waals surface area contributed by atoms with E-state index in [1.165, 1.54) is 18.8 Å². The molecule has 1 N–H and O–H groups in total. The minimum atomic E-state index is -3.97. The molecule has 0 unspecified atom stereocenters. The average molecular weight is 514 g/mol.